The molecule has 1 aromatic carbocycles. The standard InChI is InChI=1S/C9H6BrFO2/c10-7-4-6-5(3-8(7)11)1-2-13-9(6)12/h3-4H,1-2H2. The molecule has 0 aliphatic carbocycles. The molecule has 0 aromatic heterocycles. The van der Waals surface area contributed by atoms with E-state index >= 15 is 0 Å². The van der Waals surface area contributed by atoms with Gasteiger partial charge in [-0.05, 0) is 33.6 Å². The first kappa shape index (κ1) is 8.69. The van der Waals surface area contributed by atoms with Gasteiger partial charge in [-0.2, -0.15) is 0 Å². The van der Waals surface area contributed by atoms with Crippen LogP contribution >= 0.6 is 15.9 Å². The van der Waals surface area contributed by atoms with E-state index in [1.807, 2.05) is 0 Å². The summed E-state index contributed by atoms with van der Waals surface area (Å²) in [7, 11) is 0. The van der Waals surface area contributed by atoms with Crippen molar-refractivity contribution in [2.75, 3.05) is 6.61 Å². The minimum Gasteiger partial charge on any atom is -0.462 e. The normalized spacial score (nSPS) is 15.1. The van der Waals surface area contributed by atoms with E-state index in [1.165, 1.54) is 12.1 Å². The van der Waals surface area contributed by atoms with Gasteiger partial charge < -0.3 is 4.74 Å². The molecule has 0 atom stereocenters. The highest BCUT2D eigenvalue weighted by molar-refractivity contribution is 9.10. The second-order valence-electron chi connectivity index (χ2n) is 2.81. The zero-order chi connectivity index (χ0) is 9.42. The zero-order valence-electron chi connectivity index (χ0n) is 6.64. The topological polar surface area (TPSA) is 26.3 Å². The van der Waals surface area contributed by atoms with Crippen LogP contribution in [0, 0.1) is 5.82 Å². The maximum atomic E-state index is 13.0. The van der Waals surface area contributed by atoms with Gasteiger partial charge in [0.1, 0.15) is 5.82 Å². The summed E-state index contributed by atoms with van der Waals surface area (Å²) in [5.41, 5.74) is 1.18. The van der Waals surface area contributed by atoms with Gasteiger partial charge in [0, 0.05) is 6.42 Å². The first-order valence-electron chi connectivity index (χ1n) is 3.83. The summed E-state index contributed by atoms with van der Waals surface area (Å²) >= 11 is 3.02. The highest BCUT2D eigenvalue weighted by Crippen LogP contribution is 2.24. The quantitative estimate of drug-likeness (QED) is 0.655. The van der Waals surface area contributed by atoms with Crippen molar-refractivity contribution >= 4 is 21.9 Å². The highest BCUT2D eigenvalue weighted by Gasteiger charge is 2.20. The van der Waals surface area contributed by atoms with Crippen molar-refractivity contribution in [3.63, 3.8) is 0 Å². The van der Waals surface area contributed by atoms with Gasteiger partial charge in [0.15, 0.2) is 0 Å². The number of benzene rings is 1. The van der Waals surface area contributed by atoms with E-state index in [9.17, 15) is 9.18 Å². The number of carbonyl (C=O) groups is 1. The number of ether oxygens (including phenoxy) is 1. The molecule has 0 amide bonds. The molecule has 68 valence electrons. The van der Waals surface area contributed by atoms with Crippen LogP contribution in [-0.4, -0.2) is 12.6 Å². The highest BCUT2D eigenvalue weighted by atomic mass is 79.9. The van der Waals surface area contributed by atoms with Gasteiger partial charge in [0.05, 0.1) is 16.6 Å². The minimum absolute atomic E-state index is 0.296. The van der Waals surface area contributed by atoms with Crippen LogP contribution in [0.3, 0.4) is 0 Å². The fourth-order valence-corrected chi connectivity index (χ4v) is 1.66. The lowest BCUT2D eigenvalue weighted by Crippen LogP contribution is -2.17. The van der Waals surface area contributed by atoms with Crippen LogP contribution in [-0.2, 0) is 11.2 Å². The van der Waals surface area contributed by atoms with Crippen molar-refractivity contribution in [1.29, 1.82) is 0 Å². The van der Waals surface area contributed by atoms with E-state index in [2.05, 4.69) is 15.9 Å². The van der Waals surface area contributed by atoms with E-state index in [1.54, 1.807) is 0 Å². The summed E-state index contributed by atoms with van der Waals surface area (Å²) in [5, 5.41) is 0. The van der Waals surface area contributed by atoms with E-state index in [-0.39, 0.29) is 11.8 Å². The molecule has 0 radical (unpaired) electrons. The van der Waals surface area contributed by atoms with Gasteiger partial charge in [0.2, 0.25) is 0 Å². The predicted molar refractivity (Wildman–Crippen MR) is 48.1 cm³/mol. The summed E-state index contributed by atoms with van der Waals surface area (Å²) < 4.78 is 18.1. The average Bonchev–Trinajstić information content (AvgIpc) is 2.09. The van der Waals surface area contributed by atoms with Gasteiger partial charge >= 0.3 is 5.97 Å². The number of esters is 1. The smallest absolute Gasteiger partial charge is 0.338 e. The minimum atomic E-state index is -0.373. The third-order valence-corrected chi connectivity index (χ3v) is 2.58. The van der Waals surface area contributed by atoms with E-state index in [4.69, 9.17) is 4.74 Å². The molecule has 2 rings (SSSR count). The van der Waals surface area contributed by atoms with Gasteiger partial charge in [0.25, 0.3) is 0 Å². The molecular formula is C9H6BrFO2. The van der Waals surface area contributed by atoms with Crippen molar-refractivity contribution in [1.82, 2.24) is 0 Å². The molecule has 0 saturated carbocycles. The largest absolute Gasteiger partial charge is 0.462 e. The summed E-state index contributed by atoms with van der Waals surface area (Å²) in [6.45, 7) is 0.340. The second kappa shape index (κ2) is 3.10. The molecular weight excluding hydrogens is 239 g/mol. The molecule has 0 fully saturated rings. The molecule has 0 N–H and O–H groups in total. The number of rotatable bonds is 0. The fraction of sp³-hybridized carbons (Fsp3) is 0.222. The van der Waals surface area contributed by atoms with Crippen molar-refractivity contribution in [3.05, 3.63) is 33.5 Å². The van der Waals surface area contributed by atoms with Gasteiger partial charge in [-0.25, -0.2) is 9.18 Å². The Morgan fingerprint density at radius 3 is 3.00 bits per heavy atom. The van der Waals surface area contributed by atoms with Crippen molar-refractivity contribution in [2.45, 2.75) is 6.42 Å². The first-order valence-corrected chi connectivity index (χ1v) is 4.63. The Hall–Kier alpha value is -0.900. The molecule has 1 heterocycles. The Labute approximate surface area is 82.8 Å². The molecule has 0 unspecified atom stereocenters. The number of cyclic esters (lactones) is 1. The summed E-state index contributed by atoms with van der Waals surface area (Å²) in [5.74, 6) is -0.713. The molecule has 1 aliphatic rings. The number of carbonyl (C=O) groups excluding carboxylic acids is 1. The summed E-state index contributed by atoms with van der Waals surface area (Å²) in [6.07, 6.45) is 0.589. The van der Waals surface area contributed by atoms with Crippen LogP contribution in [0.15, 0.2) is 16.6 Å². The SMILES string of the molecule is O=C1OCCc2cc(F)c(Br)cc21. The third-order valence-electron chi connectivity index (χ3n) is 1.97. The van der Waals surface area contributed by atoms with Crippen molar-refractivity contribution in [3.8, 4) is 0 Å². The molecule has 4 heteroatoms. The molecule has 0 saturated heterocycles. The van der Waals surface area contributed by atoms with Crippen LogP contribution < -0.4 is 0 Å². The predicted octanol–water partition coefficient (Wildman–Crippen LogP) is 2.30. The van der Waals surface area contributed by atoms with Crippen LogP contribution in [0.25, 0.3) is 0 Å². The van der Waals surface area contributed by atoms with Gasteiger partial charge in [-0.15, -0.1) is 0 Å². The fourth-order valence-electron chi connectivity index (χ4n) is 1.32. The monoisotopic (exact) mass is 244 g/mol. The van der Waals surface area contributed by atoms with E-state index in [0.29, 0.717) is 23.1 Å². The number of hydrogen-bond donors (Lipinski definition) is 0. The van der Waals surface area contributed by atoms with Crippen LogP contribution in [0.4, 0.5) is 4.39 Å². The third kappa shape index (κ3) is 1.46. The molecule has 0 spiro atoms. The first-order chi connectivity index (χ1) is 6.18. The lowest BCUT2D eigenvalue weighted by atomic mass is 10.0. The number of halogens is 2. The zero-order valence-corrected chi connectivity index (χ0v) is 8.23. The maximum Gasteiger partial charge on any atom is 0.338 e. The van der Waals surface area contributed by atoms with Gasteiger partial charge in [-0.3, -0.25) is 0 Å². The van der Waals surface area contributed by atoms with Crippen LogP contribution in [0.2, 0.25) is 0 Å². The molecule has 1 aromatic rings. The Morgan fingerprint density at radius 1 is 1.46 bits per heavy atom. The summed E-state index contributed by atoms with van der Waals surface area (Å²) in [4.78, 5) is 11.2. The Morgan fingerprint density at radius 2 is 2.23 bits per heavy atom. The Balaban J connectivity index is 2.58. The second-order valence-corrected chi connectivity index (χ2v) is 3.66. The van der Waals surface area contributed by atoms with E-state index < -0.39 is 0 Å². The van der Waals surface area contributed by atoms with Crippen LogP contribution in [0.5, 0.6) is 0 Å². The van der Waals surface area contributed by atoms with Crippen molar-refractivity contribution in [2.24, 2.45) is 0 Å². The van der Waals surface area contributed by atoms with Gasteiger partial charge in [-0.1, -0.05) is 0 Å². The average molecular weight is 245 g/mol. The molecule has 13 heavy (non-hydrogen) atoms. The van der Waals surface area contributed by atoms with E-state index in [0.717, 1.165) is 5.56 Å². The lowest BCUT2D eigenvalue weighted by Gasteiger charge is -2.15. The molecule has 1 aliphatic heterocycles. The molecule has 0 bridgehead atoms. The maximum absolute atomic E-state index is 13.0. The summed E-state index contributed by atoms with van der Waals surface area (Å²) in [6, 6.07) is 2.84. The Bertz CT molecular complexity index is 376. The van der Waals surface area contributed by atoms with Crippen LogP contribution in [0.1, 0.15) is 15.9 Å². The number of hydrogen-bond acceptors (Lipinski definition) is 2. The number of fused-ring (bicyclic) bond motifs is 1. The lowest BCUT2D eigenvalue weighted by molar-refractivity contribution is 0.0480. The molecule has 2 nitrogen and oxygen atoms in total. The Kier molecular flexibility index (Phi) is 2.07. The van der Waals surface area contributed by atoms with Crippen molar-refractivity contribution < 1.29 is 13.9 Å².